The highest BCUT2D eigenvalue weighted by atomic mass is 16.6. The number of amides is 1. The molecule has 0 aromatic heterocycles. The number of benzene rings is 2. The van der Waals surface area contributed by atoms with Crippen LogP contribution in [0.15, 0.2) is 48.5 Å². The molecule has 1 amide bonds. The highest BCUT2D eigenvalue weighted by Gasteiger charge is 2.27. The van der Waals surface area contributed by atoms with Crippen LogP contribution >= 0.6 is 0 Å². The van der Waals surface area contributed by atoms with Gasteiger partial charge in [0, 0.05) is 17.5 Å². The van der Waals surface area contributed by atoms with Crippen molar-refractivity contribution in [2.24, 2.45) is 0 Å². The Morgan fingerprint density at radius 1 is 1.12 bits per heavy atom. The normalized spacial score (nSPS) is 11.1. The van der Waals surface area contributed by atoms with Crippen LogP contribution < -0.4 is 10.1 Å². The topological polar surface area (TPSA) is 58.6 Å². The Labute approximate surface area is 143 Å². The van der Waals surface area contributed by atoms with E-state index >= 15 is 0 Å². The largest absolute Gasteiger partial charge is 0.508 e. The molecule has 0 bridgehead atoms. The van der Waals surface area contributed by atoms with E-state index in [9.17, 15) is 9.90 Å². The Morgan fingerprint density at radius 2 is 1.79 bits per heavy atom. The first-order chi connectivity index (χ1) is 11.4. The zero-order chi connectivity index (χ0) is 17.6. The summed E-state index contributed by atoms with van der Waals surface area (Å²) >= 11 is 0. The third kappa shape index (κ3) is 4.28. The van der Waals surface area contributed by atoms with Crippen molar-refractivity contribution < 1.29 is 14.6 Å². The lowest BCUT2D eigenvalue weighted by atomic mass is 9.77. The standard InChI is InChI=1S/C20H25NO3/c1-4-5-14-21-19(23)24-18-9-7-6-8-17(18)20(2,3)15-10-12-16(22)13-11-15/h6-13,22H,4-5,14H2,1-3H3,(H,21,23). The molecule has 2 aromatic carbocycles. The van der Waals surface area contributed by atoms with Crippen molar-refractivity contribution in [3.8, 4) is 11.5 Å². The minimum Gasteiger partial charge on any atom is -0.508 e. The molecule has 0 saturated heterocycles. The number of ether oxygens (including phenoxy) is 1. The molecule has 2 N–H and O–H groups in total. The number of nitrogens with one attached hydrogen (secondary N) is 1. The first kappa shape index (κ1) is 17.9. The Kier molecular flexibility index (Phi) is 5.85. The van der Waals surface area contributed by atoms with Gasteiger partial charge in [0.1, 0.15) is 11.5 Å². The molecule has 4 heteroatoms. The van der Waals surface area contributed by atoms with E-state index in [0.717, 1.165) is 24.0 Å². The summed E-state index contributed by atoms with van der Waals surface area (Å²) in [6, 6.07) is 14.6. The van der Waals surface area contributed by atoms with E-state index in [1.54, 1.807) is 18.2 Å². The number of hydrogen-bond donors (Lipinski definition) is 2. The van der Waals surface area contributed by atoms with Crippen molar-refractivity contribution in [1.29, 1.82) is 0 Å². The van der Waals surface area contributed by atoms with Gasteiger partial charge in [-0.3, -0.25) is 0 Å². The second-order valence-corrected chi connectivity index (χ2v) is 6.34. The SMILES string of the molecule is CCCCNC(=O)Oc1ccccc1C(C)(C)c1ccc(O)cc1. The van der Waals surface area contributed by atoms with Gasteiger partial charge in [0.05, 0.1) is 0 Å². The number of phenolic OH excluding ortho intramolecular Hbond substituents is 1. The lowest BCUT2D eigenvalue weighted by Gasteiger charge is -2.28. The molecule has 2 rings (SSSR count). The predicted molar refractivity (Wildman–Crippen MR) is 95.6 cm³/mol. The number of carbonyl (C=O) groups excluding carboxylic acids is 1. The summed E-state index contributed by atoms with van der Waals surface area (Å²) in [5, 5.41) is 12.3. The van der Waals surface area contributed by atoms with Gasteiger partial charge in [0.2, 0.25) is 0 Å². The van der Waals surface area contributed by atoms with E-state index in [-0.39, 0.29) is 11.2 Å². The lowest BCUT2D eigenvalue weighted by molar-refractivity contribution is 0.199. The van der Waals surface area contributed by atoms with Crippen LogP contribution in [0.3, 0.4) is 0 Å². The van der Waals surface area contributed by atoms with Crippen molar-refractivity contribution in [3.05, 3.63) is 59.7 Å². The molecular formula is C20H25NO3. The highest BCUT2D eigenvalue weighted by Crippen LogP contribution is 2.37. The number of carbonyl (C=O) groups is 1. The van der Waals surface area contributed by atoms with Gasteiger partial charge in [0.25, 0.3) is 0 Å². The number of hydrogen-bond acceptors (Lipinski definition) is 3. The molecule has 0 saturated carbocycles. The first-order valence-electron chi connectivity index (χ1n) is 8.30. The average Bonchev–Trinajstić information content (AvgIpc) is 2.56. The molecule has 0 fully saturated rings. The summed E-state index contributed by atoms with van der Waals surface area (Å²) in [5.41, 5.74) is 1.58. The van der Waals surface area contributed by atoms with Crippen LogP contribution in [0, 0.1) is 0 Å². The fourth-order valence-electron chi connectivity index (χ4n) is 2.61. The minimum atomic E-state index is -0.433. The Morgan fingerprint density at radius 3 is 2.46 bits per heavy atom. The molecule has 0 unspecified atom stereocenters. The Balaban J connectivity index is 2.24. The molecular weight excluding hydrogens is 302 g/mol. The summed E-state index contributed by atoms with van der Waals surface area (Å²) < 4.78 is 5.52. The van der Waals surface area contributed by atoms with Crippen molar-refractivity contribution in [3.63, 3.8) is 0 Å². The van der Waals surface area contributed by atoms with Gasteiger partial charge >= 0.3 is 6.09 Å². The van der Waals surface area contributed by atoms with Crippen LogP contribution in [0.5, 0.6) is 11.5 Å². The van der Waals surface area contributed by atoms with Gasteiger partial charge in [-0.15, -0.1) is 0 Å². The molecule has 0 atom stereocenters. The van der Waals surface area contributed by atoms with Crippen molar-refractivity contribution in [2.45, 2.75) is 39.0 Å². The summed E-state index contributed by atoms with van der Waals surface area (Å²) in [4.78, 5) is 12.0. The second-order valence-electron chi connectivity index (χ2n) is 6.34. The number of phenols is 1. The number of unbranched alkanes of at least 4 members (excludes halogenated alkanes) is 1. The second kappa shape index (κ2) is 7.86. The van der Waals surface area contributed by atoms with Crippen molar-refractivity contribution in [2.75, 3.05) is 6.54 Å². The van der Waals surface area contributed by atoms with Gasteiger partial charge < -0.3 is 15.2 Å². The summed E-state index contributed by atoms with van der Waals surface area (Å²) in [6.45, 7) is 6.81. The fraction of sp³-hybridized carbons (Fsp3) is 0.350. The molecule has 128 valence electrons. The molecule has 2 aromatic rings. The van der Waals surface area contributed by atoms with E-state index in [1.807, 2.05) is 30.3 Å². The minimum absolute atomic E-state index is 0.231. The summed E-state index contributed by atoms with van der Waals surface area (Å²) in [5.74, 6) is 0.777. The first-order valence-corrected chi connectivity index (χ1v) is 8.30. The van der Waals surface area contributed by atoms with Crippen LogP contribution in [0.4, 0.5) is 4.79 Å². The lowest BCUT2D eigenvalue weighted by Crippen LogP contribution is -2.29. The quantitative estimate of drug-likeness (QED) is 0.762. The van der Waals surface area contributed by atoms with E-state index in [0.29, 0.717) is 12.3 Å². The van der Waals surface area contributed by atoms with E-state index in [4.69, 9.17) is 4.74 Å². The van der Waals surface area contributed by atoms with Gasteiger partial charge in [-0.2, -0.15) is 0 Å². The van der Waals surface area contributed by atoms with Crippen LogP contribution in [0.2, 0.25) is 0 Å². The number of rotatable bonds is 6. The molecule has 0 aliphatic carbocycles. The molecule has 0 radical (unpaired) electrons. The van der Waals surface area contributed by atoms with Crippen molar-refractivity contribution >= 4 is 6.09 Å². The maximum Gasteiger partial charge on any atom is 0.412 e. The molecule has 0 aliphatic heterocycles. The molecule has 0 spiro atoms. The Bertz CT molecular complexity index is 678. The summed E-state index contributed by atoms with van der Waals surface area (Å²) in [6.07, 6.45) is 1.51. The van der Waals surface area contributed by atoms with Crippen LogP contribution in [-0.2, 0) is 5.41 Å². The smallest absolute Gasteiger partial charge is 0.412 e. The third-order valence-electron chi connectivity index (χ3n) is 4.15. The molecule has 0 heterocycles. The van der Waals surface area contributed by atoms with E-state index in [1.165, 1.54) is 0 Å². The number of para-hydroxylation sites is 1. The fourth-order valence-corrected chi connectivity index (χ4v) is 2.61. The maximum absolute atomic E-state index is 12.0. The molecule has 24 heavy (non-hydrogen) atoms. The zero-order valence-corrected chi connectivity index (χ0v) is 14.5. The monoisotopic (exact) mass is 327 g/mol. The molecule has 4 nitrogen and oxygen atoms in total. The predicted octanol–water partition coefficient (Wildman–Crippen LogP) is 4.61. The maximum atomic E-state index is 12.0. The van der Waals surface area contributed by atoms with Gasteiger partial charge in [0.15, 0.2) is 0 Å². The van der Waals surface area contributed by atoms with Gasteiger partial charge in [-0.1, -0.05) is 57.5 Å². The summed E-state index contributed by atoms with van der Waals surface area (Å²) in [7, 11) is 0. The average molecular weight is 327 g/mol. The van der Waals surface area contributed by atoms with Crippen LogP contribution in [-0.4, -0.2) is 17.7 Å². The van der Waals surface area contributed by atoms with Crippen LogP contribution in [0.25, 0.3) is 0 Å². The van der Waals surface area contributed by atoms with E-state index in [2.05, 4.69) is 26.1 Å². The van der Waals surface area contributed by atoms with Crippen molar-refractivity contribution in [1.82, 2.24) is 5.32 Å². The van der Waals surface area contributed by atoms with Crippen LogP contribution in [0.1, 0.15) is 44.7 Å². The number of aromatic hydroxyl groups is 1. The Hall–Kier alpha value is -2.49. The van der Waals surface area contributed by atoms with Gasteiger partial charge in [-0.25, -0.2) is 4.79 Å². The highest BCUT2D eigenvalue weighted by molar-refractivity contribution is 5.71. The third-order valence-corrected chi connectivity index (χ3v) is 4.15. The molecule has 0 aliphatic rings. The zero-order valence-electron chi connectivity index (χ0n) is 14.5. The van der Waals surface area contributed by atoms with Gasteiger partial charge in [-0.05, 0) is 30.2 Å². The van der Waals surface area contributed by atoms with E-state index < -0.39 is 6.09 Å².